The molecule has 0 fully saturated rings. The van der Waals surface area contributed by atoms with Gasteiger partial charge in [0, 0.05) is 11.6 Å². The van der Waals surface area contributed by atoms with E-state index in [2.05, 4.69) is 43.0 Å². The van der Waals surface area contributed by atoms with Crippen molar-refractivity contribution in [3.63, 3.8) is 0 Å². The minimum Gasteiger partial charge on any atom is -0.367 e. The molecule has 1 heterocycles. The topological polar surface area (TPSA) is 37.8 Å². The van der Waals surface area contributed by atoms with Crippen molar-refractivity contribution in [2.45, 2.75) is 46.6 Å². The van der Waals surface area contributed by atoms with Gasteiger partial charge in [-0.3, -0.25) is 0 Å². The van der Waals surface area contributed by atoms with Crippen LogP contribution in [-0.2, 0) is 6.42 Å². The zero-order valence-corrected chi connectivity index (χ0v) is 11.2. The quantitative estimate of drug-likeness (QED) is 0.802. The van der Waals surface area contributed by atoms with Gasteiger partial charge in [0.25, 0.3) is 0 Å². The summed E-state index contributed by atoms with van der Waals surface area (Å²) in [7, 11) is 0. The van der Waals surface area contributed by atoms with E-state index in [1.807, 2.05) is 0 Å². The summed E-state index contributed by atoms with van der Waals surface area (Å²) in [5.74, 6) is 1.44. The minimum absolute atomic E-state index is 0.376. The number of nitrogens with one attached hydrogen (secondary N) is 1. The van der Waals surface area contributed by atoms with Gasteiger partial charge in [-0.05, 0) is 19.3 Å². The van der Waals surface area contributed by atoms with E-state index in [9.17, 15) is 0 Å². The molecular weight excluding hydrogens is 222 g/mol. The molecule has 1 aromatic rings. The number of nitrogens with zero attached hydrogens (tertiary/aromatic N) is 2. The summed E-state index contributed by atoms with van der Waals surface area (Å²) in [5.41, 5.74) is 1.03. The summed E-state index contributed by atoms with van der Waals surface area (Å²) in [6.45, 7) is 8.63. The van der Waals surface area contributed by atoms with Gasteiger partial charge >= 0.3 is 0 Å². The van der Waals surface area contributed by atoms with Crippen molar-refractivity contribution in [1.29, 1.82) is 0 Å². The fourth-order valence-electron chi connectivity index (χ4n) is 1.37. The summed E-state index contributed by atoms with van der Waals surface area (Å²) in [5, 5.41) is 3.97. The highest BCUT2D eigenvalue weighted by Gasteiger charge is 2.13. The van der Waals surface area contributed by atoms with Gasteiger partial charge < -0.3 is 5.32 Å². The Kier molecular flexibility index (Phi) is 5.00. The molecule has 0 aliphatic rings. The molecule has 4 heteroatoms. The number of hydrogen-bond donors (Lipinski definition) is 1. The first-order valence-corrected chi connectivity index (χ1v) is 6.20. The molecule has 0 amide bonds. The smallest absolute Gasteiger partial charge is 0.137 e. The standard InChI is InChI=1S/C12H20ClN3/c1-5-6-10-11(13)14-7-15-12(10)16-9(4)8(2)3/h7-9H,5-6H2,1-4H3,(H,14,15,16). The Hall–Kier alpha value is -0.830. The highest BCUT2D eigenvalue weighted by Crippen LogP contribution is 2.22. The van der Waals surface area contributed by atoms with E-state index in [4.69, 9.17) is 11.6 Å². The van der Waals surface area contributed by atoms with E-state index in [-0.39, 0.29) is 0 Å². The van der Waals surface area contributed by atoms with Crippen molar-refractivity contribution < 1.29 is 0 Å². The van der Waals surface area contributed by atoms with Crippen LogP contribution in [0.5, 0.6) is 0 Å². The molecule has 90 valence electrons. The first-order chi connectivity index (χ1) is 7.56. The van der Waals surface area contributed by atoms with Gasteiger partial charge in [0.15, 0.2) is 0 Å². The zero-order chi connectivity index (χ0) is 12.1. The highest BCUT2D eigenvalue weighted by atomic mass is 35.5. The summed E-state index contributed by atoms with van der Waals surface area (Å²) >= 11 is 6.08. The molecule has 0 spiro atoms. The summed E-state index contributed by atoms with van der Waals surface area (Å²) < 4.78 is 0. The SMILES string of the molecule is CCCc1c(Cl)ncnc1NC(C)C(C)C. The van der Waals surface area contributed by atoms with Gasteiger partial charge in [-0.15, -0.1) is 0 Å². The highest BCUT2D eigenvalue weighted by molar-refractivity contribution is 6.30. The third-order valence-corrected chi connectivity index (χ3v) is 3.08. The second kappa shape index (κ2) is 6.04. The average Bonchev–Trinajstić information content (AvgIpc) is 2.23. The van der Waals surface area contributed by atoms with E-state index in [0.29, 0.717) is 17.1 Å². The Morgan fingerprint density at radius 3 is 2.56 bits per heavy atom. The van der Waals surface area contributed by atoms with E-state index >= 15 is 0 Å². The molecule has 1 unspecified atom stereocenters. The molecular formula is C12H20ClN3. The molecule has 0 aromatic carbocycles. The van der Waals surface area contributed by atoms with Gasteiger partial charge in [-0.1, -0.05) is 38.8 Å². The monoisotopic (exact) mass is 241 g/mol. The van der Waals surface area contributed by atoms with E-state index in [0.717, 1.165) is 24.2 Å². The molecule has 16 heavy (non-hydrogen) atoms. The van der Waals surface area contributed by atoms with E-state index < -0.39 is 0 Å². The predicted molar refractivity (Wildman–Crippen MR) is 69.0 cm³/mol. The molecule has 0 aliphatic carbocycles. The van der Waals surface area contributed by atoms with Crippen LogP contribution in [0, 0.1) is 5.92 Å². The van der Waals surface area contributed by atoms with Crippen LogP contribution in [0.1, 0.15) is 39.7 Å². The Morgan fingerprint density at radius 2 is 2.00 bits per heavy atom. The van der Waals surface area contributed by atoms with Crippen LogP contribution in [0.2, 0.25) is 5.15 Å². The first kappa shape index (κ1) is 13.2. The van der Waals surface area contributed by atoms with E-state index in [1.165, 1.54) is 6.33 Å². The van der Waals surface area contributed by atoms with Crippen LogP contribution in [-0.4, -0.2) is 16.0 Å². The van der Waals surface area contributed by atoms with Crippen molar-refractivity contribution in [2.75, 3.05) is 5.32 Å². The second-order valence-electron chi connectivity index (χ2n) is 4.42. The Bertz CT molecular complexity index is 339. The second-order valence-corrected chi connectivity index (χ2v) is 4.78. The number of hydrogen-bond acceptors (Lipinski definition) is 3. The number of halogens is 1. The van der Waals surface area contributed by atoms with Crippen LogP contribution >= 0.6 is 11.6 Å². The molecule has 0 saturated heterocycles. The maximum Gasteiger partial charge on any atom is 0.137 e. The number of anilines is 1. The van der Waals surface area contributed by atoms with Gasteiger partial charge in [0.05, 0.1) is 0 Å². The van der Waals surface area contributed by atoms with Crippen molar-refractivity contribution in [1.82, 2.24) is 9.97 Å². The number of rotatable bonds is 5. The van der Waals surface area contributed by atoms with Gasteiger partial charge in [-0.2, -0.15) is 0 Å². The van der Waals surface area contributed by atoms with Gasteiger partial charge in [0.2, 0.25) is 0 Å². The largest absolute Gasteiger partial charge is 0.367 e. The molecule has 1 N–H and O–H groups in total. The summed E-state index contributed by atoms with van der Waals surface area (Å²) in [4.78, 5) is 8.30. The molecule has 1 aromatic heterocycles. The van der Waals surface area contributed by atoms with Crippen LogP contribution < -0.4 is 5.32 Å². The van der Waals surface area contributed by atoms with Crippen LogP contribution in [0.25, 0.3) is 0 Å². The van der Waals surface area contributed by atoms with Crippen LogP contribution in [0.4, 0.5) is 5.82 Å². The fraction of sp³-hybridized carbons (Fsp3) is 0.667. The third kappa shape index (κ3) is 3.34. The van der Waals surface area contributed by atoms with Crippen LogP contribution in [0.3, 0.4) is 0 Å². The molecule has 0 radical (unpaired) electrons. The molecule has 1 rings (SSSR count). The van der Waals surface area contributed by atoms with Crippen molar-refractivity contribution in [3.05, 3.63) is 17.0 Å². The Balaban J connectivity index is 2.90. The van der Waals surface area contributed by atoms with Crippen molar-refractivity contribution in [3.8, 4) is 0 Å². The summed E-state index contributed by atoms with van der Waals surface area (Å²) in [6, 6.07) is 0.376. The molecule has 3 nitrogen and oxygen atoms in total. The summed E-state index contributed by atoms with van der Waals surface area (Å²) in [6.07, 6.45) is 3.46. The Morgan fingerprint density at radius 1 is 1.31 bits per heavy atom. The lowest BCUT2D eigenvalue weighted by Crippen LogP contribution is -2.23. The zero-order valence-electron chi connectivity index (χ0n) is 10.4. The first-order valence-electron chi connectivity index (χ1n) is 5.82. The predicted octanol–water partition coefficient (Wildman–Crippen LogP) is 3.54. The lowest BCUT2D eigenvalue weighted by Gasteiger charge is -2.20. The molecule has 0 saturated carbocycles. The normalized spacial score (nSPS) is 12.9. The molecule has 0 bridgehead atoms. The maximum absolute atomic E-state index is 6.08. The molecule has 0 aliphatic heterocycles. The van der Waals surface area contributed by atoms with Crippen molar-refractivity contribution in [2.24, 2.45) is 5.92 Å². The maximum atomic E-state index is 6.08. The van der Waals surface area contributed by atoms with Gasteiger partial charge in [-0.25, -0.2) is 9.97 Å². The third-order valence-electron chi connectivity index (χ3n) is 2.76. The Labute approximate surface area is 103 Å². The van der Waals surface area contributed by atoms with E-state index in [1.54, 1.807) is 0 Å². The van der Waals surface area contributed by atoms with Gasteiger partial charge in [0.1, 0.15) is 17.3 Å². The average molecular weight is 242 g/mol. The van der Waals surface area contributed by atoms with Crippen molar-refractivity contribution >= 4 is 17.4 Å². The lowest BCUT2D eigenvalue weighted by atomic mass is 10.1. The van der Waals surface area contributed by atoms with Crippen LogP contribution in [0.15, 0.2) is 6.33 Å². The lowest BCUT2D eigenvalue weighted by molar-refractivity contribution is 0.557. The fourth-order valence-corrected chi connectivity index (χ4v) is 1.60. The molecule has 1 atom stereocenters. The number of aromatic nitrogens is 2. The minimum atomic E-state index is 0.376.